The van der Waals surface area contributed by atoms with E-state index in [2.05, 4.69) is 4.72 Å². The molecule has 0 aliphatic rings. The Balaban J connectivity index is 2.24. The van der Waals surface area contributed by atoms with Gasteiger partial charge in [-0.2, -0.15) is 0 Å². The van der Waals surface area contributed by atoms with Crippen LogP contribution in [0.2, 0.25) is 0 Å². The molecule has 0 fully saturated rings. The third kappa shape index (κ3) is 3.56. The highest BCUT2D eigenvalue weighted by atomic mass is 32.2. The summed E-state index contributed by atoms with van der Waals surface area (Å²) in [6, 6.07) is 8.57. The van der Waals surface area contributed by atoms with Crippen LogP contribution in [0.25, 0.3) is 0 Å². The first-order valence-corrected chi connectivity index (χ1v) is 7.61. The summed E-state index contributed by atoms with van der Waals surface area (Å²) in [4.78, 5) is -0.330. The van der Waals surface area contributed by atoms with Crippen molar-refractivity contribution < 1.29 is 17.2 Å². The van der Waals surface area contributed by atoms with Crippen molar-refractivity contribution in [2.75, 3.05) is 5.73 Å². The van der Waals surface area contributed by atoms with E-state index in [9.17, 15) is 17.2 Å². The molecule has 1 atom stereocenters. The van der Waals surface area contributed by atoms with Gasteiger partial charge in [-0.15, -0.1) is 0 Å². The SMILES string of the molecule is CC(NS(=O)(=O)c1ccc(F)c(F)c1)c1ccc(N)cc1. The van der Waals surface area contributed by atoms with E-state index in [-0.39, 0.29) is 4.90 Å². The maximum Gasteiger partial charge on any atom is 0.241 e. The molecule has 1 unspecified atom stereocenters. The second-order valence-electron chi connectivity index (χ2n) is 4.59. The lowest BCUT2D eigenvalue weighted by atomic mass is 10.1. The summed E-state index contributed by atoms with van der Waals surface area (Å²) in [6.45, 7) is 1.64. The van der Waals surface area contributed by atoms with Crippen molar-refractivity contribution >= 4 is 15.7 Å². The number of benzene rings is 2. The van der Waals surface area contributed by atoms with Crippen LogP contribution < -0.4 is 10.5 Å². The molecular formula is C14H14F2N2O2S. The Kier molecular flexibility index (Phi) is 4.24. The summed E-state index contributed by atoms with van der Waals surface area (Å²) in [6.07, 6.45) is 0. The molecule has 0 amide bonds. The average molecular weight is 312 g/mol. The minimum Gasteiger partial charge on any atom is -0.399 e. The van der Waals surface area contributed by atoms with Gasteiger partial charge in [0.05, 0.1) is 4.90 Å². The number of nitrogens with one attached hydrogen (secondary N) is 1. The summed E-state index contributed by atoms with van der Waals surface area (Å²) in [5.41, 5.74) is 6.83. The molecule has 0 aliphatic heterocycles. The molecule has 0 saturated heterocycles. The molecule has 3 N–H and O–H groups in total. The van der Waals surface area contributed by atoms with Gasteiger partial charge in [0.1, 0.15) is 0 Å². The van der Waals surface area contributed by atoms with E-state index in [1.807, 2.05) is 0 Å². The Morgan fingerprint density at radius 3 is 2.24 bits per heavy atom. The molecule has 0 bridgehead atoms. The van der Waals surface area contributed by atoms with E-state index in [0.717, 1.165) is 12.1 Å². The molecule has 0 heterocycles. The third-order valence-electron chi connectivity index (χ3n) is 2.97. The molecule has 0 aromatic heterocycles. The summed E-state index contributed by atoms with van der Waals surface area (Å²) in [7, 11) is -3.94. The van der Waals surface area contributed by atoms with Crippen LogP contribution in [0, 0.1) is 11.6 Å². The maximum atomic E-state index is 13.1. The minimum absolute atomic E-state index is 0.330. The molecule has 0 saturated carbocycles. The smallest absolute Gasteiger partial charge is 0.241 e. The lowest BCUT2D eigenvalue weighted by molar-refractivity contribution is 0.503. The largest absolute Gasteiger partial charge is 0.399 e. The summed E-state index contributed by atoms with van der Waals surface area (Å²) >= 11 is 0. The zero-order valence-electron chi connectivity index (χ0n) is 11.2. The van der Waals surface area contributed by atoms with Gasteiger partial charge < -0.3 is 5.73 Å². The van der Waals surface area contributed by atoms with Gasteiger partial charge in [0, 0.05) is 11.7 Å². The number of hydrogen-bond acceptors (Lipinski definition) is 3. The van der Waals surface area contributed by atoms with Crippen molar-refractivity contribution in [1.82, 2.24) is 4.72 Å². The predicted molar refractivity (Wildman–Crippen MR) is 75.9 cm³/mol. The average Bonchev–Trinajstić information content (AvgIpc) is 2.42. The Morgan fingerprint density at radius 2 is 1.67 bits per heavy atom. The number of nitrogens with two attached hydrogens (primary N) is 1. The zero-order chi connectivity index (χ0) is 15.6. The minimum atomic E-state index is -3.94. The predicted octanol–water partition coefficient (Wildman–Crippen LogP) is 2.59. The highest BCUT2D eigenvalue weighted by molar-refractivity contribution is 7.89. The number of halogens is 2. The van der Waals surface area contributed by atoms with Crippen LogP contribution >= 0.6 is 0 Å². The van der Waals surface area contributed by atoms with Crippen LogP contribution in [0.3, 0.4) is 0 Å². The van der Waals surface area contributed by atoms with Gasteiger partial charge in [-0.05, 0) is 42.8 Å². The van der Waals surface area contributed by atoms with Crippen molar-refractivity contribution in [2.24, 2.45) is 0 Å². The number of anilines is 1. The second-order valence-corrected chi connectivity index (χ2v) is 6.30. The van der Waals surface area contributed by atoms with Crippen LogP contribution in [0.4, 0.5) is 14.5 Å². The highest BCUT2D eigenvalue weighted by Gasteiger charge is 2.19. The number of nitrogen functional groups attached to an aromatic ring is 1. The molecule has 2 aromatic carbocycles. The first-order chi connectivity index (χ1) is 9.79. The molecule has 7 heteroatoms. The van der Waals surface area contributed by atoms with Gasteiger partial charge in [-0.1, -0.05) is 12.1 Å². The van der Waals surface area contributed by atoms with Crippen molar-refractivity contribution in [3.05, 3.63) is 59.7 Å². The van der Waals surface area contributed by atoms with Crippen molar-refractivity contribution in [1.29, 1.82) is 0 Å². The van der Waals surface area contributed by atoms with Crippen molar-refractivity contribution in [3.8, 4) is 0 Å². The lowest BCUT2D eigenvalue weighted by Gasteiger charge is -2.15. The van der Waals surface area contributed by atoms with Crippen molar-refractivity contribution in [3.63, 3.8) is 0 Å². The topological polar surface area (TPSA) is 72.2 Å². The Morgan fingerprint density at radius 1 is 1.05 bits per heavy atom. The van der Waals surface area contributed by atoms with E-state index in [4.69, 9.17) is 5.73 Å². The third-order valence-corrected chi connectivity index (χ3v) is 4.51. The molecular weight excluding hydrogens is 298 g/mol. The van der Waals surface area contributed by atoms with Gasteiger partial charge in [-0.25, -0.2) is 21.9 Å². The van der Waals surface area contributed by atoms with E-state index in [1.165, 1.54) is 0 Å². The van der Waals surface area contributed by atoms with E-state index >= 15 is 0 Å². The summed E-state index contributed by atoms with van der Waals surface area (Å²) < 4.78 is 52.6. The van der Waals surface area contributed by atoms with Gasteiger partial charge in [-0.3, -0.25) is 0 Å². The maximum absolute atomic E-state index is 13.1. The molecule has 21 heavy (non-hydrogen) atoms. The first-order valence-electron chi connectivity index (χ1n) is 6.12. The van der Waals surface area contributed by atoms with E-state index < -0.39 is 27.7 Å². The van der Waals surface area contributed by atoms with Gasteiger partial charge in [0.25, 0.3) is 0 Å². The standard InChI is InChI=1S/C14H14F2N2O2S/c1-9(10-2-4-11(17)5-3-10)18-21(19,20)12-6-7-13(15)14(16)8-12/h2-9,18H,17H2,1H3. The molecule has 4 nitrogen and oxygen atoms in total. The quantitative estimate of drug-likeness (QED) is 0.852. The van der Waals surface area contributed by atoms with Crippen LogP contribution in [0.1, 0.15) is 18.5 Å². The van der Waals surface area contributed by atoms with E-state index in [1.54, 1.807) is 31.2 Å². The van der Waals surface area contributed by atoms with Crippen molar-refractivity contribution in [2.45, 2.75) is 17.9 Å². The number of sulfonamides is 1. The molecule has 112 valence electrons. The monoisotopic (exact) mass is 312 g/mol. The van der Waals surface area contributed by atoms with Gasteiger partial charge in [0.15, 0.2) is 11.6 Å². The van der Waals surface area contributed by atoms with Crippen LogP contribution in [-0.2, 0) is 10.0 Å². The van der Waals surface area contributed by atoms with Gasteiger partial charge >= 0.3 is 0 Å². The molecule has 2 aromatic rings. The fraction of sp³-hybridized carbons (Fsp3) is 0.143. The number of hydrogen-bond donors (Lipinski definition) is 2. The normalized spacial score (nSPS) is 13.1. The Labute approximate surface area is 121 Å². The summed E-state index contributed by atoms with van der Waals surface area (Å²) in [5.74, 6) is -2.31. The highest BCUT2D eigenvalue weighted by Crippen LogP contribution is 2.19. The first kappa shape index (κ1) is 15.4. The second kappa shape index (κ2) is 5.79. The molecule has 0 radical (unpaired) electrons. The zero-order valence-corrected chi connectivity index (χ0v) is 12.0. The van der Waals surface area contributed by atoms with Crippen LogP contribution in [0.15, 0.2) is 47.4 Å². The van der Waals surface area contributed by atoms with Gasteiger partial charge in [0.2, 0.25) is 10.0 Å². The fourth-order valence-electron chi connectivity index (χ4n) is 1.80. The van der Waals surface area contributed by atoms with E-state index in [0.29, 0.717) is 17.3 Å². The molecule has 0 spiro atoms. The molecule has 2 rings (SSSR count). The fourth-order valence-corrected chi connectivity index (χ4v) is 3.04. The number of rotatable bonds is 4. The Bertz CT molecular complexity index is 746. The summed E-state index contributed by atoms with van der Waals surface area (Å²) in [5, 5.41) is 0. The molecule has 0 aliphatic carbocycles. The van der Waals surface area contributed by atoms with Crippen LogP contribution in [-0.4, -0.2) is 8.42 Å². The Hall–Kier alpha value is -1.99. The lowest BCUT2D eigenvalue weighted by Crippen LogP contribution is -2.27. The van der Waals surface area contributed by atoms with Crippen LogP contribution in [0.5, 0.6) is 0 Å².